The number of fused-ring (bicyclic) bond motifs is 3. The normalized spacial score (nSPS) is 15.7. The average Bonchev–Trinajstić information content (AvgIpc) is 2.70. The largest absolute Gasteiger partial charge is 0.495 e. The molecule has 1 aromatic heterocycles. The Morgan fingerprint density at radius 2 is 2.15 bits per heavy atom. The van der Waals surface area contributed by atoms with E-state index in [-0.39, 0.29) is 11.6 Å². The minimum absolute atomic E-state index is 0.110. The summed E-state index contributed by atoms with van der Waals surface area (Å²) in [5, 5.41) is 9.72. The number of carboxylic acids is 1. The van der Waals surface area contributed by atoms with Gasteiger partial charge in [0.2, 0.25) is 0 Å². The number of carbonyl (C=O) groups is 1. The van der Waals surface area contributed by atoms with Gasteiger partial charge < -0.3 is 19.1 Å². The van der Waals surface area contributed by atoms with Crippen LogP contribution in [0.1, 0.15) is 36.7 Å². The maximum atomic E-state index is 12.3. The van der Waals surface area contributed by atoms with E-state index >= 15 is 0 Å². The Morgan fingerprint density at radius 3 is 2.77 bits per heavy atom. The van der Waals surface area contributed by atoms with Gasteiger partial charge >= 0.3 is 5.97 Å². The van der Waals surface area contributed by atoms with Crippen molar-refractivity contribution in [3.05, 3.63) is 45.2 Å². The number of ether oxygens (including phenoxy) is 2. The molecule has 138 valence electrons. The van der Waals surface area contributed by atoms with E-state index in [9.17, 15) is 14.7 Å². The molecule has 3 rings (SSSR count). The van der Waals surface area contributed by atoms with Crippen molar-refractivity contribution in [1.29, 1.82) is 0 Å². The number of hydrogen-bond acceptors (Lipinski definition) is 4. The zero-order chi connectivity index (χ0) is 19.0. The third kappa shape index (κ3) is 3.29. The van der Waals surface area contributed by atoms with E-state index in [1.807, 2.05) is 4.57 Å². The number of aromatic carboxylic acids is 1. The van der Waals surface area contributed by atoms with Gasteiger partial charge in [-0.15, -0.1) is 0 Å². The second-order valence-corrected chi connectivity index (χ2v) is 7.13. The van der Waals surface area contributed by atoms with Crippen LogP contribution in [0.5, 0.6) is 11.5 Å². The van der Waals surface area contributed by atoms with E-state index in [0.717, 1.165) is 6.42 Å². The van der Waals surface area contributed by atoms with Crippen molar-refractivity contribution in [2.24, 2.45) is 5.92 Å². The van der Waals surface area contributed by atoms with Gasteiger partial charge in [-0.2, -0.15) is 0 Å². The number of hydrogen-bond donors (Lipinski definition) is 1. The Bertz CT molecular complexity index is 919. The molecule has 0 saturated heterocycles. The quantitative estimate of drug-likeness (QED) is 0.875. The molecule has 7 heteroatoms. The second-order valence-electron chi connectivity index (χ2n) is 6.73. The number of carboxylic acid groups (broad SMARTS) is 1. The van der Waals surface area contributed by atoms with Crippen LogP contribution < -0.4 is 14.9 Å². The zero-order valence-corrected chi connectivity index (χ0v) is 15.5. The predicted molar refractivity (Wildman–Crippen MR) is 98.6 cm³/mol. The van der Waals surface area contributed by atoms with Gasteiger partial charge in [0.1, 0.15) is 23.7 Å². The van der Waals surface area contributed by atoms with Crippen LogP contribution in [0.15, 0.2) is 29.2 Å². The lowest BCUT2D eigenvalue weighted by Crippen LogP contribution is -2.23. The first-order valence-electron chi connectivity index (χ1n) is 8.32. The fourth-order valence-electron chi connectivity index (χ4n) is 3.23. The van der Waals surface area contributed by atoms with E-state index in [1.165, 1.54) is 19.4 Å². The molecule has 0 fully saturated rings. The van der Waals surface area contributed by atoms with E-state index in [1.54, 1.807) is 12.1 Å². The molecule has 1 N–H and O–H groups in total. The van der Waals surface area contributed by atoms with Gasteiger partial charge in [0.25, 0.3) is 0 Å². The molecule has 0 bridgehead atoms. The molecular weight excluding hydrogens is 358 g/mol. The zero-order valence-electron chi connectivity index (χ0n) is 14.8. The molecule has 0 spiro atoms. The van der Waals surface area contributed by atoms with E-state index < -0.39 is 11.4 Å². The molecule has 0 unspecified atom stereocenters. The average molecular weight is 378 g/mol. The SMILES string of the molecule is COc1cc2c(cc1Cl)-c1cc(=O)c(C(=O)O)cn1[C@@H](CC(C)C)CO2. The van der Waals surface area contributed by atoms with Crippen molar-refractivity contribution in [3.63, 3.8) is 0 Å². The van der Waals surface area contributed by atoms with E-state index in [4.69, 9.17) is 21.1 Å². The first-order valence-corrected chi connectivity index (χ1v) is 8.69. The third-order valence-corrected chi connectivity index (χ3v) is 4.70. The van der Waals surface area contributed by atoms with Crippen molar-refractivity contribution >= 4 is 17.6 Å². The van der Waals surface area contributed by atoms with Crippen LogP contribution in [0, 0.1) is 5.92 Å². The molecule has 6 nitrogen and oxygen atoms in total. The maximum absolute atomic E-state index is 12.3. The molecule has 0 aliphatic carbocycles. The van der Waals surface area contributed by atoms with Crippen molar-refractivity contribution < 1.29 is 19.4 Å². The van der Waals surface area contributed by atoms with Crippen molar-refractivity contribution in [1.82, 2.24) is 4.57 Å². The van der Waals surface area contributed by atoms with Crippen molar-refractivity contribution in [2.45, 2.75) is 26.3 Å². The Labute approximate surface area is 155 Å². The number of halogens is 1. The summed E-state index contributed by atoms with van der Waals surface area (Å²) in [6.45, 7) is 4.52. The summed E-state index contributed by atoms with van der Waals surface area (Å²) in [6, 6.07) is 4.60. The number of methoxy groups -OCH3 is 1. The Balaban J connectivity index is 2.27. The van der Waals surface area contributed by atoms with Gasteiger partial charge in [-0.25, -0.2) is 4.79 Å². The maximum Gasteiger partial charge on any atom is 0.341 e. The highest BCUT2D eigenvalue weighted by Gasteiger charge is 2.26. The Morgan fingerprint density at radius 1 is 1.42 bits per heavy atom. The molecule has 0 radical (unpaired) electrons. The molecule has 26 heavy (non-hydrogen) atoms. The van der Waals surface area contributed by atoms with Gasteiger partial charge in [0.05, 0.1) is 23.9 Å². The third-order valence-electron chi connectivity index (χ3n) is 4.41. The highest BCUT2D eigenvalue weighted by Crippen LogP contribution is 2.41. The van der Waals surface area contributed by atoms with Gasteiger partial charge in [0, 0.05) is 23.9 Å². The van der Waals surface area contributed by atoms with Crippen LogP contribution in [0.2, 0.25) is 5.02 Å². The highest BCUT2D eigenvalue weighted by molar-refractivity contribution is 6.32. The van der Waals surface area contributed by atoms with Gasteiger partial charge in [-0.1, -0.05) is 25.4 Å². The van der Waals surface area contributed by atoms with E-state index in [2.05, 4.69) is 13.8 Å². The topological polar surface area (TPSA) is 77.8 Å². The number of pyridine rings is 1. The number of aromatic nitrogens is 1. The number of benzene rings is 1. The minimum Gasteiger partial charge on any atom is -0.495 e. The second kappa shape index (κ2) is 7.03. The summed E-state index contributed by atoms with van der Waals surface area (Å²) in [7, 11) is 1.52. The summed E-state index contributed by atoms with van der Waals surface area (Å²) >= 11 is 6.26. The fourth-order valence-corrected chi connectivity index (χ4v) is 3.47. The van der Waals surface area contributed by atoms with Crippen molar-refractivity contribution in [2.75, 3.05) is 13.7 Å². The smallest absolute Gasteiger partial charge is 0.341 e. The van der Waals surface area contributed by atoms with Crippen LogP contribution in [-0.4, -0.2) is 29.4 Å². The Kier molecular flexibility index (Phi) is 4.96. The molecule has 1 atom stereocenters. The van der Waals surface area contributed by atoms with Crippen LogP contribution in [-0.2, 0) is 0 Å². The molecule has 2 heterocycles. The van der Waals surface area contributed by atoms with Crippen LogP contribution in [0.25, 0.3) is 11.3 Å². The summed E-state index contributed by atoms with van der Waals surface area (Å²) < 4.78 is 13.0. The number of rotatable bonds is 4. The van der Waals surface area contributed by atoms with Crippen molar-refractivity contribution in [3.8, 4) is 22.8 Å². The molecule has 1 aromatic carbocycles. The predicted octanol–water partition coefficient (Wildman–Crippen LogP) is 3.86. The summed E-state index contributed by atoms with van der Waals surface area (Å²) in [5.41, 5.74) is 0.413. The standard InChI is InChI=1S/C19H20ClNO5/c1-10(2)4-11-9-26-17-7-18(25-3)14(20)5-12(17)15-6-16(22)13(19(23)24)8-21(11)15/h5-8,10-11H,4,9H2,1-3H3,(H,23,24)/t11-/m0/s1. The van der Waals surface area contributed by atoms with Gasteiger partial charge in [0.15, 0.2) is 5.43 Å². The molecule has 0 amide bonds. The van der Waals surface area contributed by atoms with Gasteiger partial charge in [-0.05, 0) is 18.4 Å². The minimum atomic E-state index is -1.24. The molecular formula is C19H20ClNO5. The molecule has 2 aromatic rings. The van der Waals surface area contributed by atoms with E-state index in [0.29, 0.717) is 40.3 Å². The van der Waals surface area contributed by atoms with Crippen LogP contribution in [0.4, 0.5) is 0 Å². The van der Waals surface area contributed by atoms with Gasteiger partial charge in [-0.3, -0.25) is 4.79 Å². The Hall–Kier alpha value is -2.47. The highest BCUT2D eigenvalue weighted by atomic mass is 35.5. The molecule has 1 aliphatic rings. The lowest BCUT2D eigenvalue weighted by atomic mass is 10.0. The van der Waals surface area contributed by atoms with Crippen LogP contribution in [0.3, 0.4) is 0 Å². The molecule has 0 saturated carbocycles. The summed E-state index contributed by atoms with van der Waals surface area (Å²) in [5.74, 6) is 0.146. The first kappa shape index (κ1) is 18.3. The number of nitrogens with zero attached hydrogens (tertiary/aromatic N) is 1. The lowest BCUT2D eigenvalue weighted by Gasteiger charge is -2.22. The van der Waals surface area contributed by atoms with Crippen LogP contribution >= 0.6 is 11.6 Å². The summed E-state index contributed by atoms with van der Waals surface area (Å²) in [4.78, 5) is 23.7. The molecule has 1 aliphatic heterocycles. The monoisotopic (exact) mass is 377 g/mol. The summed E-state index contributed by atoms with van der Waals surface area (Å²) in [6.07, 6.45) is 2.18. The fraction of sp³-hybridized carbons (Fsp3) is 0.368. The first-order chi connectivity index (χ1) is 12.3. The lowest BCUT2D eigenvalue weighted by molar-refractivity contribution is 0.0694.